The van der Waals surface area contributed by atoms with Gasteiger partial charge in [-0.2, -0.15) is 13.2 Å². The summed E-state index contributed by atoms with van der Waals surface area (Å²) in [6.45, 7) is 3.19. The van der Waals surface area contributed by atoms with Gasteiger partial charge in [-0.25, -0.2) is 23.1 Å². The van der Waals surface area contributed by atoms with E-state index in [-0.39, 0.29) is 10.4 Å². The molecule has 1 fully saturated rings. The van der Waals surface area contributed by atoms with Gasteiger partial charge in [-0.15, -0.1) is 0 Å². The number of anilines is 2. The van der Waals surface area contributed by atoms with Gasteiger partial charge in [0.1, 0.15) is 17.8 Å². The number of thiocarbonyl (C=S) groups is 1. The summed E-state index contributed by atoms with van der Waals surface area (Å²) >= 11 is 11.5. The summed E-state index contributed by atoms with van der Waals surface area (Å²) in [5.74, 6) is -0.115. The molecule has 0 saturated carbocycles. The zero-order valence-electron chi connectivity index (χ0n) is 20.7. The summed E-state index contributed by atoms with van der Waals surface area (Å²) in [7, 11) is -3.94. The lowest BCUT2D eigenvalue weighted by Crippen LogP contribution is -2.50. The quantitative estimate of drug-likeness (QED) is 0.292. The Morgan fingerprint density at radius 2 is 1.77 bits per heavy atom. The molecule has 0 bridgehead atoms. The summed E-state index contributed by atoms with van der Waals surface area (Å²) < 4.78 is 66.2. The molecule has 1 amide bonds. The maximum atomic E-state index is 13.4. The molecular formula is C24H21ClF3N7O3S2. The number of benzene rings is 2. The third kappa shape index (κ3) is 5.48. The monoisotopic (exact) mass is 611 g/mol. The molecule has 16 heteroatoms. The maximum Gasteiger partial charge on any atom is 0.417 e. The second-order valence-corrected chi connectivity index (χ2v) is 11.5. The minimum atomic E-state index is -4.59. The van der Waals surface area contributed by atoms with E-state index >= 15 is 0 Å². The number of sulfonamides is 1. The van der Waals surface area contributed by atoms with Gasteiger partial charge in [-0.05, 0) is 48.6 Å². The van der Waals surface area contributed by atoms with Crippen molar-refractivity contribution >= 4 is 78.3 Å². The van der Waals surface area contributed by atoms with Crippen LogP contribution in [0, 0.1) is 0 Å². The molecular weight excluding hydrogens is 591 g/mol. The van der Waals surface area contributed by atoms with Crippen molar-refractivity contribution in [3.8, 4) is 0 Å². The van der Waals surface area contributed by atoms with Gasteiger partial charge in [0.25, 0.3) is 10.0 Å². The van der Waals surface area contributed by atoms with Gasteiger partial charge in [0.15, 0.2) is 5.11 Å². The van der Waals surface area contributed by atoms with E-state index in [4.69, 9.17) is 23.8 Å². The Morgan fingerprint density at radius 1 is 1.10 bits per heavy atom. The van der Waals surface area contributed by atoms with E-state index in [0.29, 0.717) is 59.2 Å². The third-order valence-electron chi connectivity index (χ3n) is 6.32. The number of aromatic amines is 1. The van der Waals surface area contributed by atoms with Crippen molar-refractivity contribution in [2.75, 3.05) is 36.4 Å². The van der Waals surface area contributed by atoms with Crippen molar-refractivity contribution < 1.29 is 26.4 Å². The molecule has 2 aromatic carbocycles. The Bertz CT molecular complexity index is 1740. The van der Waals surface area contributed by atoms with Gasteiger partial charge in [0.2, 0.25) is 5.91 Å². The summed E-state index contributed by atoms with van der Waals surface area (Å²) in [4.78, 5) is 26.6. The topological polar surface area (TPSA) is 123 Å². The van der Waals surface area contributed by atoms with Crippen LogP contribution >= 0.6 is 23.8 Å². The van der Waals surface area contributed by atoms with E-state index in [2.05, 4.69) is 20.3 Å². The number of alkyl halides is 3. The van der Waals surface area contributed by atoms with E-state index < -0.39 is 32.7 Å². The average molecular weight is 612 g/mol. The highest BCUT2D eigenvalue weighted by Gasteiger charge is 2.34. The Labute approximate surface area is 236 Å². The van der Waals surface area contributed by atoms with E-state index in [9.17, 15) is 26.4 Å². The summed E-state index contributed by atoms with van der Waals surface area (Å²) in [5, 5.41) is 4.18. The first-order valence-corrected chi connectivity index (χ1v) is 14.1. The highest BCUT2D eigenvalue weighted by molar-refractivity contribution is 7.90. The molecule has 2 aromatic heterocycles. The van der Waals surface area contributed by atoms with Crippen molar-refractivity contribution in [3.63, 3.8) is 0 Å². The molecule has 1 aliphatic heterocycles. The fourth-order valence-corrected chi connectivity index (χ4v) is 6.04. The van der Waals surface area contributed by atoms with E-state index in [0.717, 1.165) is 13.0 Å². The number of nitrogens with one attached hydrogen (secondary N) is 3. The fraction of sp³-hybridized carbons (Fsp3) is 0.250. The molecule has 0 atom stereocenters. The number of carbonyl (C=O) groups is 1. The van der Waals surface area contributed by atoms with Crippen LogP contribution in [0.15, 0.2) is 47.6 Å². The van der Waals surface area contributed by atoms with Crippen LogP contribution in [-0.2, 0) is 21.0 Å². The number of amides is 1. The molecule has 3 N–H and O–H groups in total. The number of rotatable bonds is 4. The van der Waals surface area contributed by atoms with Crippen LogP contribution in [-0.4, -0.2) is 65.5 Å². The fourth-order valence-electron chi connectivity index (χ4n) is 4.48. The molecule has 210 valence electrons. The molecule has 0 unspecified atom stereocenters. The number of nitrogens with zero attached hydrogens (tertiary/aromatic N) is 4. The lowest BCUT2D eigenvalue weighted by molar-refractivity contribution is -0.137. The van der Waals surface area contributed by atoms with Crippen LogP contribution in [0.3, 0.4) is 0 Å². The number of carbonyl (C=O) groups excluding carboxylic acids is 1. The number of halogens is 4. The second-order valence-electron chi connectivity index (χ2n) is 9.01. The zero-order chi connectivity index (χ0) is 28.8. The second kappa shape index (κ2) is 10.4. The number of piperazine rings is 1. The van der Waals surface area contributed by atoms with Gasteiger partial charge in [-0.1, -0.05) is 11.6 Å². The van der Waals surface area contributed by atoms with Gasteiger partial charge in [0.05, 0.1) is 20.9 Å². The van der Waals surface area contributed by atoms with E-state index in [1.54, 1.807) is 12.1 Å². The first-order valence-electron chi connectivity index (χ1n) is 11.8. The van der Waals surface area contributed by atoms with Crippen molar-refractivity contribution in [2.45, 2.75) is 18.0 Å². The molecule has 4 aromatic rings. The highest BCUT2D eigenvalue weighted by atomic mass is 35.5. The average Bonchev–Trinajstić information content (AvgIpc) is 3.25. The van der Waals surface area contributed by atoms with Crippen molar-refractivity contribution in [1.82, 2.24) is 24.6 Å². The summed E-state index contributed by atoms with van der Waals surface area (Å²) in [5.41, 5.74) is 0.300. The minimum absolute atomic E-state index is 0.0582. The first-order chi connectivity index (χ1) is 18.8. The maximum absolute atomic E-state index is 13.4. The molecule has 10 nitrogen and oxygen atoms in total. The largest absolute Gasteiger partial charge is 0.417 e. The van der Waals surface area contributed by atoms with Gasteiger partial charge in [0, 0.05) is 49.7 Å². The van der Waals surface area contributed by atoms with Crippen molar-refractivity contribution in [2.24, 2.45) is 0 Å². The smallest absolute Gasteiger partial charge is 0.352 e. The lowest BCUT2D eigenvalue weighted by atomic mass is 10.1. The number of fused-ring (bicyclic) bond motifs is 3. The number of hydrogen-bond acceptors (Lipinski definition) is 7. The predicted molar refractivity (Wildman–Crippen MR) is 149 cm³/mol. The van der Waals surface area contributed by atoms with Crippen LogP contribution in [0.4, 0.5) is 24.7 Å². The Hall–Kier alpha value is -3.69. The molecule has 0 aliphatic carbocycles. The molecule has 0 spiro atoms. The Balaban J connectivity index is 1.30. The predicted octanol–water partition coefficient (Wildman–Crippen LogP) is 4.13. The lowest BCUT2D eigenvalue weighted by Gasteiger charge is -2.37. The van der Waals surface area contributed by atoms with Crippen LogP contribution in [0.2, 0.25) is 5.02 Å². The number of hydrogen-bond donors (Lipinski definition) is 3. The summed E-state index contributed by atoms with van der Waals surface area (Å²) in [6, 6.07) is 8.07. The molecule has 0 radical (unpaired) electrons. The molecule has 3 heterocycles. The van der Waals surface area contributed by atoms with Crippen LogP contribution in [0.1, 0.15) is 12.5 Å². The Kier molecular flexibility index (Phi) is 7.22. The summed E-state index contributed by atoms with van der Waals surface area (Å²) in [6.07, 6.45) is -3.24. The first kappa shape index (κ1) is 27.9. The molecule has 1 aliphatic rings. The third-order valence-corrected chi connectivity index (χ3v) is 8.44. The number of aromatic nitrogens is 3. The SMILES string of the molecule is CC(=O)NS(=O)(=O)c1ccc(NC(=S)N2CCN(c3ncnc4[nH]c5cc(C(F)(F)F)c(Cl)cc5c34)CC2)cc1. The molecule has 40 heavy (non-hydrogen) atoms. The van der Waals surface area contributed by atoms with E-state index in [1.807, 2.05) is 14.5 Å². The van der Waals surface area contributed by atoms with Crippen LogP contribution < -0.4 is 14.9 Å². The number of H-pyrrole nitrogens is 1. The molecule has 1 saturated heterocycles. The standard InChI is InChI=1S/C24H21ClF3N7O3S2/c1-13(36)33-40(37,38)15-4-2-14(3-5-15)31-23(39)35-8-6-34(7-9-35)22-20-16-10-18(25)17(24(26,27)28)11-19(16)32-21(20)29-12-30-22/h2-5,10-12H,6-9H2,1H3,(H,31,39)(H,33,36)(H,29,30,32). The van der Waals surface area contributed by atoms with Crippen LogP contribution in [0.25, 0.3) is 21.9 Å². The highest BCUT2D eigenvalue weighted by Crippen LogP contribution is 2.40. The zero-order valence-corrected chi connectivity index (χ0v) is 23.1. The van der Waals surface area contributed by atoms with Gasteiger partial charge >= 0.3 is 6.18 Å². The van der Waals surface area contributed by atoms with Gasteiger partial charge in [-0.3, -0.25) is 4.79 Å². The van der Waals surface area contributed by atoms with Crippen LogP contribution in [0.5, 0.6) is 0 Å². The van der Waals surface area contributed by atoms with Crippen molar-refractivity contribution in [1.29, 1.82) is 0 Å². The molecule has 5 rings (SSSR count). The van der Waals surface area contributed by atoms with Crippen molar-refractivity contribution in [3.05, 3.63) is 53.3 Å². The minimum Gasteiger partial charge on any atom is -0.352 e. The van der Waals surface area contributed by atoms with Gasteiger partial charge < -0.3 is 20.1 Å². The Morgan fingerprint density at radius 3 is 2.40 bits per heavy atom. The van der Waals surface area contributed by atoms with E-state index in [1.165, 1.54) is 24.5 Å². The normalized spacial score (nSPS) is 14.5.